The maximum Gasteiger partial charge on any atom is 0.255 e. The van der Waals surface area contributed by atoms with Gasteiger partial charge in [0, 0.05) is 18.7 Å². The van der Waals surface area contributed by atoms with E-state index < -0.39 is 0 Å². The maximum atomic E-state index is 12.9. The average molecular weight is 360 g/mol. The number of anilines is 2. The summed E-state index contributed by atoms with van der Waals surface area (Å²) in [7, 11) is 0. The Morgan fingerprint density at radius 2 is 1.59 bits per heavy atom. The number of fused-ring (bicyclic) bond motifs is 1. The Hall–Kier alpha value is -2.85. The largest absolute Gasteiger partial charge is 0.372 e. The van der Waals surface area contributed by atoms with Gasteiger partial charge in [0.15, 0.2) is 0 Å². The summed E-state index contributed by atoms with van der Waals surface area (Å²) in [5.74, 6) is -0.0949. The Morgan fingerprint density at radius 3 is 2.37 bits per heavy atom. The molecule has 1 fully saturated rings. The average Bonchev–Trinajstić information content (AvgIpc) is 2.67. The number of carbonyl (C=O) groups is 1. The first-order valence-electron chi connectivity index (χ1n) is 9.40. The molecule has 1 heterocycles. The normalized spacial score (nSPS) is 19.9. The van der Waals surface area contributed by atoms with Crippen molar-refractivity contribution in [1.29, 1.82) is 0 Å². The molecule has 1 N–H and O–H groups in total. The van der Waals surface area contributed by atoms with Gasteiger partial charge in [0.1, 0.15) is 0 Å². The van der Waals surface area contributed by atoms with Gasteiger partial charge in [-0.05, 0) is 48.9 Å². The lowest BCUT2D eigenvalue weighted by Gasteiger charge is -2.37. The van der Waals surface area contributed by atoms with E-state index in [4.69, 9.17) is 4.74 Å². The fraction of sp³-hybridized carbons (Fsp3) is 0.261. The molecule has 1 amide bonds. The molecular weight excluding hydrogens is 336 g/mol. The first-order valence-corrected chi connectivity index (χ1v) is 9.40. The van der Waals surface area contributed by atoms with Crippen molar-refractivity contribution in [3.63, 3.8) is 0 Å². The third kappa shape index (κ3) is 3.81. The minimum Gasteiger partial charge on any atom is -0.372 e. The van der Waals surface area contributed by atoms with Gasteiger partial charge < -0.3 is 15.0 Å². The van der Waals surface area contributed by atoms with Gasteiger partial charge in [-0.15, -0.1) is 0 Å². The number of hydrogen-bond acceptors (Lipinski definition) is 3. The van der Waals surface area contributed by atoms with Crippen molar-refractivity contribution in [3.05, 3.63) is 72.3 Å². The minimum absolute atomic E-state index is 0.0949. The Labute approximate surface area is 159 Å². The second-order valence-electron chi connectivity index (χ2n) is 7.20. The zero-order chi connectivity index (χ0) is 18.8. The number of amides is 1. The predicted molar refractivity (Wildman–Crippen MR) is 111 cm³/mol. The van der Waals surface area contributed by atoms with E-state index in [1.54, 1.807) is 0 Å². The van der Waals surface area contributed by atoms with Crippen molar-refractivity contribution in [2.75, 3.05) is 23.3 Å². The molecule has 138 valence electrons. The summed E-state index contributed by atoms with van der Waals surface area (Å²) in [5.41, 5.74) is 2.53. The number of rotatable bonds is 3. The fourth-order valence-corrected chi connectivity index (χ4v) is 3.75. The van der Waals surface area contributed by atoms with Crippen LogP contribution in [0.3, 0.4) is 0 Å². The van der Waals surface area contributed by atoms with E-state index in [0.29, 0.717) is 5.56 Å². The van der Waals surface area contributed by atoms with Crippen molar-refractivity contribution in [1.82, 2.24) is 0 Å². The molecule has 3 aromatic carbocycles. The SMILES string of the molecule is C[C@H]1CN(c2ccccc2NC(=O)c2ccc3ccccc3c2)C[C@H](C)O1. The number of para-hydroxylation sites is 2. The van der Waals surface area contributed by atoms with Gasteiger partial charge in [-0.3, -0.25) is 4.79 Å². The third-order valence-corrected chi connectivity index (χ3v) is 4.92. The summed E-state index contributed by atoms with van der Waals surface area (Å²) in [4.78, 5) is 15.2. The highest BCUT2D eigenvalue weighted by Crippen LogP contribution is 2.29. The highest BCUT2D eigenvalue weighted by atomic mass is 16.5. The van der Waals surface area contributed by atoms with Gasteiger partial charge in [0.05, 0.1) is 23.6 Å². The zero-order valence-corrected chi connectivity index (χ0v) is 15.7. The van der Waals surface area contributed by atoms with Crippen LogP contribution < -0.4 is 10.2 Å². The molecule has 0 aromatic heterocycles. The highest BCUT2D eigenvalue weighted by molar-refractivity contribution is 6.07. The fourth-order valence-electron chi connectivity index (χ4n) is 3.75. The number of morpholine rings is 1. The Bertz CT molecular complexity index is 959. The van der Waals surface area contributed by atoms with E-state index in [-0.39, 0.29) is 18.1 Å². The van der Waals surface area contributed by atoms with E-state index in [1.807, 2.05) is 60.7 Å². The molecule has 4 heteroatoms. The van der Waals surface area contributed by atoms with Crippen LogP contribution in [0, 0.1) is 0 Å². The second kappa shape index (κ2) is 7.41. The van der Waals surface area contributed by atoms with Crippen LogP contribution in [0.2, 0.25) is 0 Å². The summed E-state index contributed by atoms with van der Waals surface area (Å²) in [5, 5.41) is 5.29. The Balaban J connectivity index is 1.59. The third-order valence-electron chi connectivity index (χ3n) is 4.92. The molecule has 0 radical (unpaired) electrons. The summed E-state index contributed by atoms with van der Waals surface area (Å²) in [6.45, 7) is 5.79. The molecule has 0 spiro atoms. The number of nitrogens with zero attached hydrogens (tertiary/aromatic N) is 1. The van der Waals surface area contributed by atoms with Crippen LogP contribution in [0.5, 0.6) is 0 Å². The molecule has 2 atom stereocenters. The van der Waals surface area contributed by atoms with E-state index >= 15 is 0 Å². The van der Waals surface area contributed by atoms with Gasteiger partial charge in [0.2, 0.25) is 0 Å². The number of ether oxygens (including phenoxy) is 1. The Morgan fingerprint density at radius 1 is 0.926 bits per heavy atom. The summed E-state index contributed by atoms with van der Waals surface area (Å²) < 4.78 is 5.84. The number of hydrogen-bond donors (Lipinski definition) is 1. The lowest BCUT2D eigenvalue weighted by atomic mass is 10.1. The quantitative estimate of drug-likeness (QED) is 0.736. The summed E-state index contributed by atoms with van der Waals surface area (Å²) in [6.07, 6.45) is 0.330. The van der Waals surface area contributed by atoms with Gasteiger partial charge in [-0.1, -0.05) is 42.5 Å². The predicted octanol–water partition coefficient (Wildman–Crippen LogP) is 4.71. The summed E-state index contributed by atoms with van der Waals surface area (Å²) >= 11 is 0. The van der Waals surface area contributed by atoms with Crippen LogP contribution in [0.4, 0.5) is 11.4 Å². The van der Waals surface area contributed by atoms with Crippen molar-refractivity contribution < 1.29 is 9.53 Å². The minimum atomic E-state index is -0.0949. The number of carbonyl (C=O) groups excluding carboxylic acids is 1. The highest BCUT2D eigenvalue weighted by Gasteiger charge is 2.24. The van der Waals surface area contributed by atoms with Gasteiger partial charge in [-0.25, -0.2) is 0 Å². The summed E-state index contributed by atoms with van der Waals surface area (Å²) in [6, 6.07) is 21.8. The molecule has 0 bridgehead atoms. The van der Waals surface area contributed by atoms with Gasteiger partial charge in [0.25, 0.3) is 5.91 Å². The van der Waals surface area contributed by atoms with Gasteiger partial charge in [-0.2, -0.15) is 0 Å². The van der Waals surface area contributed by atoms with E-state index in [9.17, 15) is 4.79 Å². The number of nitrogens with one attached hydrogen (secondary N) is 1. The zero-order valence-electron chi connectivity index (χ0n) is 15.7. The molecule has 1 saturated heterocycles. The van der Waals surface area contributed by atoms with Crippen LogP contribution in [-0.4, -0.2) is 31.2 Å². The van der Waals surface area contributed by atoms with Crippen LogP contribution in [0.15, 0.2) is 66.7 Å². The standard InChI is InChI=1S/C23H24N2O2/c1-16-14-25(15-17(2)27-16)22-10-6-5-9-21(22)24-23(26)20-12-11-18-7-3-4-8-19(18)13-20/h3-13,16-17H,14-15H2,1-2H3,(H,24,26)/t16-,17-/m0/s1. The molecule has 27 heavy (non-hydrogen) atoms. The molecule has 3 aromatic rings. The molecule has 0 unspecified atom stereocenters. The first-order chi connectivity index (χ1) is 13.1. The molecular formula is C23H24N2O2. The van der Waals surface area contributed by atoms with Gasteiger partial charge >= 0.3 is 0 Å². The lowest BCUT2D eigenvalue weighted by molar-refractivity contribution is -0.00517. The lowest BCUT2D eigenvalue weighted by Crippen LogP contribution is -2.45. The van der Waals surface area contributed by atoms with Crippen molar-refractivity contribution in [2.24, 2.45) is 0 Å². The van der Waals surface area contributed by atoms with Crippen LogP contribution >= 0.6 is 0 Å². The van der Waals surface area contributed by atoms with Crippen LogP contribution in [0.25, 0.3) is 10.8 Å². The van der Waals surface area contributed by atoms with Crippen LogP contribution in [0.1, 0.15) is 24.2 Å². The second-order valence-corrected chi connectivity index (χ2v) is 7.20. The van der Waals surface area contributed by atoms with E-state index in [1.165, 1.54) is 0 Å². The number of benzene rings is 3. The molecule has 0 saturated carbocycles. The molecule has 1 aliphatic heterocycles. The molecule has 4 rings (SSSR count). The topological polar surface area (TPSA) is 41.6 Å². The smallest absolute Gasteiger partial charge is 0.255 e. The van der Waals surface area contributed by atoms with Crippen molar-refractivity contribution in [3.8, 4) is 0 Å². The molecule has 1 aliphatic rings. The maximum absolute atomic E-state index is 12.9. The van der Waals surface area contributed by atoms with E-state index in [0.717, 1.165) is 35.2 Å². The van der Waals surface area contributed by atoms with Crippen LogP contribution in [-0.2, 0) is 4.74 Å². The molecule has 0 aliphatic carbocycles. The van der Waals surface area contributed by atoms with Crippen molar-refractivity contribution >= 4 is 28.1 Å². The monoisotopic (exact) mass is 360 g/mol. The first kappa shape index (κ1) is 17.6. The molecule has 4 nitrogen and oxygen atoms in total. The van der Waals surface area contributed by atoms with Crippen molar-refractivity contribution in [2.45, 2.75) is 26.1 Å². The Kier molecular flexibility index (Phi) is 4.82. The van der Waals surface area contributed by atoms with E-state index in [2.05, 4.69) is 30.1 Å².